The summed E-state index contributed by atoms with van der Waals surface area (Å²) in [5.74, 6) is 0.997. The van der Waals surface area contributed by atoms with E-state index in [1.165, 1.54) is 0 Å². The zero-order valence-corrected chi connectivity index (χ0v) is 8.95. The van der Waals surface area contributed by atoms with E-state index in [0.717, 1.165) is 51.7 Å². The van der Waals surface area contributed by atoms with Crippen molar-refractivity contribution in [3.63, 3.8) is 0 Å². The molecule has 0 unspecified atom stereocenters. The lowest BCUT2D eigenvalue weighted by Gasteiger charge is -2.26. The molecule has 0 bridgehead atoms. The van der Waals surface area contributed by atoms with Gasteiger partial charge in [0.25, 0.3) is 0 Å². The highest BCUT2D eigenvalue weighted by atomic mass is 16.5. The first kappa shape index (κ1) is 10.7. The highest BCUT2D eigenvalue weighted by molar-refractivity contribution is 4.97. The summed E-state index contributed by atoms with van der Waals surface area (Å²) in [6, 6.07) is 3.90. The fourth-order valence-electron chi connectivity index (χ4n) is 1.69. The van der Waals surface area contributed by atoms with Crippen molar-refractivity contribution in [1.82, 2.24) is 10.2 Å². The van der Waals surface area contributed by atoms with Gasteiger partial charge in [-0.1, -0.05) is 0 Å². The molecule has 4 heteroatoms. The van der Waals surface area contributed by atoms with Crippen LogP contribution in [-0.4, -0.2) is 44.3 Å². The van der Waals surface area contributed by atoms with Gasteiger partial charge in [0.2, 0.25) is 0 Å². The van der Waals surface area contributed by atoms with Crippen molar-refractivity contribution in [3.8, 4) is 0 Å². The van der Waals surface area contributed by atoms with Gasteiger partial charge in [0, 0.05) is 26.2 Å². The largest absolute Gasteiger partial charge is 0.468 e. The monoisotopic (exact) mass is 210 g/mol. The average Bonchev–Trinajstić information content (AvgIpc) is 2.79. The van der Waals surface area contributed by atoms with Crippen LogP contribution in [0.2, 0.25) is 0 Å². The van der Waals surface area contributed by atoms with Crippen molar-refractivity contribution in [3.05, 3.63) is 24.2 Å². The molecule has 0 amide bonds. The minimum Gasteiger partial charge on any atom is -0.468 e. The quantitative estimate of drug-likeness (QED) is 0.726. The average molecular weight is 210 g/mol. The topological polar surface area (TPSA) is 37.6 Å². The third kappa shape index (κ3) is 3.66. The molecular weight excluding hydrogens is 192 g/mol. The standard InChI is InChI=1S/C11H18N2O2/c1-2-11(15-7-1)10-12-3-4-13-5-8-14-9-6-13/h1-2,7,12H,3-6,8-10H2. The van der Waals surface area contributed by atoms with Gasteiger partial charge in [-0.3, -0.25) is 4.90 Å². The maximum absolute atomic E-state index is 5.29. The number of morpholine rings is 1. The number of hydrogen-bond acceptors (Lipinski definition) is 4. The van der Waals surface area contributed by atoms with E-state index in [2.05, 4.69) is 10.2 Å². The van der Waals surface area contributed by atoms with Crippen molar-refractivity contribution in [2.24, 2.45) is 0 Å². The first-order valence-electron chi connectivity index (χ1n) is 5.48. The van der Waals surface area contributed by atoms with Crippen LogP contribution >= 0.6 is 0 Å². The number of nitrogens with one attached hydrogen (secondary N) is 1. The molecule has 1 fully saturated rings. The first-order valence-corrected chi connectivity index (χ1v) is 5.48. The Balaban J connectivity index is 1.54. The smallest absolute Gasteiger partial charge is 0.117 e. The molecule has 1 aliphatic heterocycles. The minimum absolute atomic E-state index is 0.817. The van der Waals surface area contributed by atoms with Gasteiger partial charge < -0.3 is 14.5 Å². The van der Waals surface area contributed by atoms with Gasteiger partial charge in [0.1, 0.15) is 5.76 Å². The number of ether oxygens (including phenoxy) is 1. The zero-order chi connectivity index (χ0) is 10.3. The van der Waals surface area contributed by atoms with Crippen LogP contribution in [0.4, 0.5) is 0 Å². The van der Waals surface area contributed by atoms with E-state index >= 15 is 0 Å². The summed E-state index contributed by atoms with van der Waals surface area (Å²) in [7, 11) is 0. The maximum atomic E-state index is 5.29. The second kappa shape index (κ2) is 5.90. The molecule has 1 aliphatic rings. The predicted molar refractivity (Wildman–Crippen MR) is 57.7 cm³/mol. The highest BCUT2D eigenvalue weighted by Crippen LogP contribution is 1.98. The summed E-state index contributed by atoms with van der Waals surface area (Å²) in [6.07, 6.45) is 1.71. The summed E-state index contributed by atoms with van der Waals surface area (Å²) in [5, 5.41) is 3.36. The number of nitrogens with zero attached hydrogens (tertiary/aromatic N) is 1. The molecule has 0 saturated carbocycles. The van der Waals surface area contributed by atoms with Crippen LogP contribution in [0, 0.1) is 0 Å². The maximum Gasteiger partial charge on any atom is 0.117 e. The Morgan fingerprint density at radius 1 is 1.33 bits per heavy atom. The van der Waals surface area contributed by atoms with Crippen molar-refractivity contribution in [2.75, 3.05) is 39.4 Å². The van der Waals surface area contributed by atoms with E-state index in [1.54, 1.807) is 6.26 Å². The number of furan rings is 1. The van der Waals surface area contributed by atoms with Crippen molar-refractivity contribution in [2.45, 2.75) is 6.54 Å². The van der Waals surface area contributed by atoms with Crippen LogP contribution in [-0.2, 0) is 11.3 Å². The molecule has 84 valence electrons. The number of rotatable bonds is 5. The lowest BCUT2D eigenvalue weighted by Crippen LogP contribution is -2.40. The van der Waals surface area contributed by atoms with Crippen LogP contribution in [0.15, 0.2) is 22.8 Å². The van der Waals surface area contributed by atoms with E-state index in [0.29, 0.717) is 0 Å². The van der Waals surface area contributed by atoms with Crippen LogP contribution in [0.3, 0.4) is 0 Å². The fraction of sp³-hybridized carbons (Fsp3) is 0.636. The molecule has 2 heterocycles. The molecule has 0 radical (unpaired) electrons. The van der Waals surface area contributed by atoms with Crippen molar-refractivity contribution in [1.29, 1.82) is 0 Å². The fourth-order valence-corrected chi connectivity index (χ4v) is 1.69. The molecule has 1 aromatic rings. The van der Waals surface area contributed by atoms with E-state index < -0.39 is 0 Å². The number of hydrogen-bond donors (Lipinski definition) is 1. The molecule has 0 atom stereocenters. The van der Waals surface area contributed by atoms with Gasteiger partial charge in [0.15, 0.2) is 0 Å². The molecule has 1 saturated heterocycles. The Labute approximate surface area is 90.2 Å². The van der Waals surface area contributed by atoms with Gasteiger partial charge in [0.05, 0.1) is 26.0 Å². The Morgan fingerprint density at radius 3 is 2.93 bits per heavy atom. The van der Waals surface area contributed by atoms with Gasteiger partial charge in [-0.2, -0.15) is 0 Å². The van der Waals surface area contributed by atoms with E-state index in [1.807, 2.05) is 12.1 Å². The summed E-state index contributed by atoms with van der Waals surface area (Å²) in [5.41, 5.74) is 0. The zero-order valence-electron chi connectivity index (χ0n) is 8.95. The van der Waals surface area contributed by atoms with Gasteiger partial charge in [-0.05, 0) is 12.1 Å². The molecule has 1 aromatic heterocycles. The second-order valence-corrected chi connectivity index (χ2v) is 3.71. The van der Waals surface area contributed by atoms with Crippen LogP contribution in [0.25, 0.3) is 0 Å². The summed E-state index contributed by atoms with van der Waals surface area (Å²) in [4.78, 5) is 2.42. The third-order valence-corrected chi connectivity index (χ3v) is 2.59. The Kier molecular flexibility index (Phi) is 4.20. The van der Waals surface area contributed by atoms with E-state index in [-0.39, 0.29) is 0 Å². The van der Waals surface area contributed by atoms with Gasteiger partial charge in [-0.15, -0.1) is 0 Å². The summed E-state index contributed by atoms with van der Waals surface area (Å²) >= 11 is 0. The second-order valence-electron chi connectivity index (χ2n) is 3.71. The summed E-state index contributed by atoms with van der Waals surface area (Å²) in [6.45, 7) is 6.77. The van der Waals surface area contributed by atoms with Gasteiger partial charge >= 0.3 is 0 Å². The SMILES string of the molecule is c1coc(CNCCN2CCOCC2)c1. The van der Waals surface area contributed by atoms with Crippen LogP contribution in [0.5, 0.6) is 0 Å². The van der Waals surface area contributed by atoms with E-state index in [4.69, 9.17) is 9.15 Å². The molecule has 0 spiro atoms. The van der Waals surface area contributed by atoms with Crippen molar-refractivity contribution >= 4 is 0 Å². The van der Waals surface area contributed by atoms with Crippen LogP contribution < -0.4 is 5.32 Å². The molecule has 0 aromatic carbocycles. The molecule has 4 nitrogen and oxygen atoms in total. The Morgan fingerprint density at radius 2 is 2.20 bits per heavy atom. The lowest BCUT2D eigenvalue weighted by atomic mass is 10.4. The minimum atomic E-state index is 0.817. The highest BCUT2D eigenvalue weighted by Gasteiger charge is 2.08. The first-order chi connectivity index (χ1) is 7.45. The Hall–Kier alpha value is -0.840. The predicted octanol–water partition coefficient (Wildman–Crippen LogP) is 0.701. The van der Waals surface area contributed by atoms with Gasteiger partial charge in [-0.25, -0.2) is 0 Å². The molecule has 1 N–H and O–H groups in total. The summed E-state index contributed by atoms with van der Waals surface area (Å²) < 4.78 is 10.5. The normalized spacial score (nSPS) is 18.1. The third-order valence-electron chi connectivity index (χ3n) is 2.59. The molecule has 0 aliphatic carbocycles. The Bertz CT molecular complexity index is 256. The lowest BCUT2D eigenvalue weighted by molar-refractivity contribution is 0.0383. The van der Waals surface area contributed by atoms with Crippen molar-refractivity contribution < 1.29 is 9.15 Å². The molecule has 15 heavy (non-hydrogen) atoms. The molecule has 2 rings (SSSR count). The van der Waals surface area contributed by atoms with Crippen LogP contribution in [0.1, 0.15) is 5.76 Å². The van der Waals surface area contributed by atoms with E-state index in [9.17, 15) is 0 Å². The molecular formula is C11H18N2O2.